The number of nitrogens with zero attached hydrogens (tertiary/aromatic N) is 2. The molecule has 160 valence electrons. The quantitative estimate of drug-likeness (QED) is 0.496. The van der Waals surface area contributed by atoms with Crippen LogP contribution < -0.4 is 9.64 Å². The molecule has 2 heterocycles. The first-order chi connectivity index (χ1) is 14.3. The third kappa shape index (κ3) is 4.39. The second-order valence-corrected chi connectivity index (χ2v) is 12.5. The lowest BCUT2D eigenvalue weighted by Gasteiger charge is -2.28. The summed E-state index contributed by atoms with van der Waals surface area (Å²) in [5.74, 6) is -1.08. The van der Waals surface area contributed by atoms with Crippen LogP contribution in [-0.2, 0) is 18.8 Å². The van der Waals surface area contributed by atoms with Gasteiger partial charge in [0.1, 0.15) is 17.8 Å². The number of esters is 1. The third-order valence-corrected chi connectivity index (χ3v) is 5.76. The summed E-state index contributed by atoms with van der Waals surface area (Å²) in [6.07, 6.45) is 0.697. The minimum atomic E-state index is -2.16. The van der Waals surface area contributed by atoms with E-state index in [0.29, 0.717) is 17.1 Å². The zero-order chi connectivity index (χ0) is 21.9. The molecule has 0 bridgehead atoms. The Bertz CT molecular complexity index is 900. The van der Waals surface area contributed by atoms with E-state index in [9.17, 15) is 9.59 Å². The van der Waals surface area contributed by atoms with Crippen LogP contribution >= 0.6 is 0 Å². The molecule has 7 nitrogen and oxygen atoms in total. The van der Waals surface area contributed by atoms with Gasteiger partial charge in [0, 0.05) is 6.20 Å². The Morgan fingerprint density at radius 3 is 2.43 bits per heavy atom. The van der Waals surface area contributed by atoms with E-state index in [0.717, 1.165) is 0 Å². The average molecular weight is 429 g/mol. The van der Waals surface area contributed by atoms with Crippen molar-refractivity contribution < 1.29 is 23.5 Å². The molecule has 30 heavy (non-hydrogen) atoms. The number of hydrogen-bond acceptors (Lipinski definition) is 6. The molecule has 0 aliphatic carbocycles. The summed E-state index contributed by atoms with van der Waals surface area (Å²) in [7, 11) is -0.615. The number of carbonyl (C=O) groups excluding carboxylic acids is 2. The highest BCUT2D eigenvalue weighted by Crippen LogP contribution is 2.46. The highest BCUT2D eigenvalue weighted by molar-refractivity contribution is 6.70. The average Bonchev–Trinajstić information content (AvgIpc) is 2.99. The predicted octanol–water partition coefficient (Wildman–Crippen LogP) is 3.58. The van der Waals surface area contributed by atoms with Crippen molar-refractivity contribution in [1.29, 1.82) is 0 Å². The van der Waals surface area contributed by atoms with Crippen molar-refractivity contribution in [3.8, 4) is 5.75 Å². The third-order valence-electron chi connectivity index (χ3n) is 4.80. The summed E-state index contributed by atoms with van der Waals surface area (Å²) in [5.41, 5.74) is 1.16. The molecule has 1 fully saturated rings. The monoisotopic (exact) mass is 428 g/mol. The molecule has 3 rings (SSSR count). The lowest BCUT2D eigenvalue weighted by molar-refractivity contribution is -0.152. The molecule has 0 radical (unpaired) electrons. The lowest BCUT2D eigenvalue weighted by Crippen LogP contribution is -2.42. The topological polar surface area (TPSA) is 78.0 Å². The molecule has 8 heteroatoms. The van der Waals surface area contributed by atoms with Gasteiger partial charge in [-0.3, -0.25) is 19.5 Å². The maximum absolute atomic E-state index is 13.7. The number of amides is 1. The summed E-state index contributed by atoms with van der Waals surface area (Å²) in [6.45, 7) is 7.93. The van der Waals surface area contributed by atoms with E-state index in [1.165, 1.54) is 0 Å². The van der Waals surface area contributed by atoms with Gasteiger partial charge in [0.15, 0.2) is 8.32 Å². The van der Waals surface area contributed by atoms with Gasteiger partial charge in [-0.05, 0) is 50.8 Å². The van der Waals surface area contributed by atoms with Gasteiger partial charge in [-0.15, -0.1) is 0 Å². The molecule has 1 amide bonds. The van der Waals surface area contributed by atoms with Crippen LogP contribution in [0.1, 0.15) is 18.7 Å². The first-order valence-corrected chi connectivity index (χ1v) is 13.4. The molecule has 2 aromatic rings. The largest absolute Gasteiger partial charge is 0.495 e. The van der Waals surface area contributed by atoms with Gasteiger partial charge in [0.05, 0.1) is 31.1 Å². The summed E-state index contributed by atoms with van der Waals surface area (Å²) < 4.78 is 17.1. The Labute approximate surface area is 178 Å². The number of anilines is 1. The van der Waals surface area contributed by atoms with E-state index >= 15 is 0 Å². The second kappa shape index (κ2) is 8.97. The molecular formula is C22H28N2O5Si. The number of ether oxygens (including phenoxy) is 2. The van der Waals surface area contributed by atoms with Crippen molar-refractivity contribution in [3.05, 3.63) is 54.4 Å². The number of aromatic nitrogens is 1. The van der Waals surface area contributed by atoms with Crippen molar-refractivity contribution in [2.45, 2.75) is 38.7 Å². The molecule has 1 saturated heterocycles. The highest BCUT2D eigenvalue weighted by atomic mass is 28.4. The fraction of sp³-hybridized carbons (Fsp3) is 0.409. The second-order valence-electron chi connectivity index (χ2n) is 8.01. The Morgan fingerprint density at radius 1 is 1.13 bits per heavy atom. The Hall–Kier alpha value is -2.71. The van der Waals surface area contributed by atoms with E-state index in [-0.39, 0.29) is 12.5 Å². The number of hydrogen-bond donors (Lipinski definition) is 0. The van der Waals surface area contributed by atoms with Crippen LogP contribution in [0.5, 0.6) is 5.75 Å². The maximum Gasteiger partial charge on any atom is 0.314 e. The lowest BCUT2D eigenvalue weighted by atomic mass is 9.95. The molecule has 1 aliphatic heterocycles. The summed E-state index contributed by atoms with van der Waals surface area (Å²) >= 11 is 0. The number of methoxy groups -OCH3 is 1. The van der Waals surface area contributed by atoms with Crippen molar-refractivity contribution in [3.63, 3.8) is 0 Å². The summed E-state index contributed by atoms with van der Waals surface area (Å²) in [4.78, 5) is 32.8. The maximum atomic E-state index is 13.7. The molecule has 1 aromatic heterocycles. The Balaban J connectivity index is 2.20. The van der Waals surface area contributed by atoms with E-state index < -0.39 is 32.4 Å². The number of benzene rings is 1. The van der Waals surface area contributed by atoms with Crippen LogP contribution in [0.25, 0.3) is 0 Å². The molecule has 0 saturated carbocycles. The summed E-state index contributed by atoms with van der Waals surface area (Å²) in [6, 6.07) is 12.0. The fourth-order valence-electron chi connectivity index (χ4n) is 3.71. The molecule has 0 N–H and O–H groups in total. The molecule has 1 unspecified atom stereocenters. The van der Waals surface area contributed by atoms with Gasteiger partial charge >= 0.3 is 5.97 Å². The van der Waals surface area contributed by atoms with E-state index in [1.54, 1.807) is 43.3 Å². The van der Waals surface area contributed by atoms with Gasteiger partial charge in [-0.1, -0.05) is 18.2 Å². The van der Waals surface area contributed by atoms with E-state index in [1.807, 2.05) is 43.9 Å². The number of rotatable bonds is 7. The number of carbonyl (C=O) groups is 2. The molecule has 1 aliphatic rings. The standard InChI is InChI=1S/C22H28N2O5Si/c1-6-28-22(26)18-19(15-11-9-10-14-23-15)24(16-12-7-8-13-17(16)27-2)21(25)20(18)29-30(3,4)5/h7-14,18-20H,6H2,1-5H3/t18-,19-,20?/m1/s1. The fourth-order valence-corrected chi connectivity index (χ4v) is 4.72. The van der Waals surface area contributed by atoms with Crippen LogP contribution in [0.4, 0.5) is 5.69 Å². The van der Waals surface area contributed by atoms with Gasteiger partial charge in [0.25, 0.3) is 5.91 Å². The van der Waals surface area contributed by atoms with Crippen molar-refractivity contribution in [2.24, 2.45) is 5.92 Å². The Kier molecular flexibility index (Phi) is 6.57. The van der Waals surface area contributed by atoms with E-state index in [4.69, 9.17) is 13.9 Å². The first-order valence-electron chi connectivity index (χ1n) is 10.00. The van der Waals surface area contributed by atoms with Gasteiger partial charge in [-0.2, -0.15) is 0 Å². The van der Waals surface area contributed by atoms with Crippen LogP contribution in [0.2, 0.25) is 19.6 Å². The van der Waals surface area contributed by atoms with Crippen molar-refractivity contribution >= 4 is 25.9 Å². The van der Waals surface area contributed by atoms with Crippen LogP contribution in [-0.4, -0.2) is 45.0 Å². The Morgan fingerprint density at radius 2 is 1.83 bits per heavy atom. The van der Waals surface area contributed by atoms with Crippen molar-refractivity contribution in [1.82, 2.24) is 4.98 Å². The van der Waals surface area contributed by atoms with E-state index in [2.05, 4.69) is 4.98 Å². The zero-order valence-corrected chi connectivity index (χ0v) is 19.0. The zero-order valence-electron chi connectivity index (χ0n) is 18.0. The predicted molar refractivity (Wildman–Crippen MR) is 116 cm³/mol. The van der Waals surface area contributed by atoms with Gasteiger partial charge in [0.2, 0.25) is 0 Å². The molecule has 0 spiro atoms. The normalized spacial score (nSPS) is 21.6. The molecule has 1 aromatic carbocycles. The SMILES string of the molecule is CCOC(=O)[C@H]1C(O[Si](C)(C)C)C(=O)N(c2ccccc2OC)[C@@H]1c1ccccn1. The van der Waals surface area contributed by atoms with Crippen LogP contribution in [0.15, 0.2) is 48.7 Å². The van der Waals surface area contributed by atoms with Crippen molar-refractivity contribution in [2.75, 3.05) is 18.6 Å². The number of para-hydroxylation sites is 2. The summed E-state index contributed by atoms with van der Waals surface area (Å²) in [5, 5.41) is 0. The first kappa shape index (κ1) is 22.0. The van der Waals surface area contributed by atoms with Gasteiger partial charge < -0.3 is 13.9 Å². The van der Waals surface area contributed by atoms with Gasteiger partial charge in [-0.25, -0.2) is 0 Å². The van der Waals surface area contributed by atoms with Crippen LogP contribution in [0.3, 0.4) is 0 Å². The smallest absolute Gasteiger partial charge is 0.314 e. The molecular weight excluding hydrogens is 400 g/mol. The van der Waals surface area contributed by atoms with Crippen LogP contribution in [0, 0.1) is 5.92 Å². The highest BCUT2D eigenvalue weighted by Gasteiger charge is 2.56. The molecule has 3 atom stereocenters. The number of pyridine rings is 1. The minimum Gasteiger partial charge on any atom is -0.495 e. The minimum absolute atomic E-state index is 0.215.